The summed E-state index contributed by atoms with van der Waals surface area (Å²) in [5.74, 6) is 0.920. The van der Waals surface area contributed by atoms with Crippen molar-refractivity contribution in [1.82, 2.24) is 9.55 Å². The summed E-state index contributed by atoms with van der Waals surface area (Å²) in [6.07, 6.45) is 13.1. The second-order valence-corrected chi connectivity index (χ2v) is 6.76. The van der Waals surface area contributed by atoms with E-state index in [-0.39, 0.29) is 0 Å². The third kappa shape index (κ3) is 3.06. The largest absolute Gasteiger partial charge is 0.396 e. The van der Waals surface area contributed by atoms with Crippen molar-refractivity contribution in [3.8, 4) is 0 Å². The summed E-state index contributed by atoms with van der Waals surface area (Å²) in [7, 11) is 2.02. The maximum absolute atomic E-state index is 6.19. The van der Waals surface area contributed by atoms with Crippen LogP contribution in [-0.4, -0.2) is 15.6 Å². The van der Waals surface area contributed by atoms with E-state index in [1.165, 1.54) is 44.9 Å². The Bertz CT molecular complexity index is 631. The van der Waals surface area contributed by atoms with E-state index in [1.54, 1.807) is 6.20 Å². The van der Waals surface area contributed by atoms with Gasteiger partial charge in [0.05, 0.1) is 17.6 Å². The van der Waals surface area contributed by atoms with Crippen molar-refractivity contribution in [1.29, 1.82) is 0 Å². The van der Waals surface area contributed by atoms with Crippen molar-refractivity contribution < 1.29 is 0 Å². The molecule has 4 nitrogen and oxygen atoms in total. The van der Waals surface area contributed by atoms with Crippen molar-refractivity contribution in [2.75, 3.05) is 11.1 Å². The fraction of sp³-hybridized carbons (Fsp3) is 0.611. The van der Waals surface area contributed by atoms with Crippen LogP contribution in [-0.2, 0) is 7.05 Å². The predicted octanol–water partition coefficient (Wildman–Crippen LogP) is 4.32. The number of nitrogens with two attached hydrogens (primary N) is 1. The molecule has 0 saturated heterocycles. The molecule has 2 aromatic heterocycles. The van der Waals surface area contributed by atoms with Crippen LogP contribution in [0.15, 0.2) is 18.5 Å². The summed E-state index contributed by atoms with van der Waals surface area (Å²) in [5, 5.41) is 4.87. The van der Waals surface area contributed by atoms with Gasteiger partial charge in [-0.25, -0.2) is 4.98 Å². The maximum Gasteiger partial charge on any atom is 0.141 e. The number of hydrogen-bond donors (Lipinski definition) is 2. The molecule has 0 aromatic carbocycles. The number of aryl methyl sites for hydroxylation is 1. The summed E-state index contributed by atoms with van der Waals surface area (Å²) in [4.78, 5) is 4.45. The van der Waals surface area contributed by atoms with Crippen LogP contribution in [0.2, 0.25) is 0 Å². The molecule has 0 radical (unpaired) electrons. The lowest BCUT2D eigenvalue weighted by molar-refractivity contribution is 0.422. The average Bonchev–Trinajstić information content (AvgIpc) is 2.74. The highest BCUT2D eigenvalue weighted by atomic mass is 15.0. The van der Waals surface area contributed by atoms with Crippen LogP contribution >= 0.6 is 0 Å². The zero-order chi connectivity index (χ0) is 15.5. The van der Waals surface area contributed by atoms with Crippen LogP contribution in [0.25, 0.3) is 11.0 Å². The van der Waals surface area contributed by atoms with Gasteiger partial charge in [0.1, 0.15) is 5.65 Å². The van der Waals surface area contributed by atoms with Crippen LogP contribution in [0, 0.1) is 5.92 Å². The molecule has 2 heterocycles. The van der Waals surface area contributed by atoms with Crippen LogP contribution in [0.3, 0.4) is 0 Å². The van der Waals surface area contributed by atoms with E-state index >= 15 is 0 Å². The monoisotopic (exact) mass is 300 g/mol. The molecule has 2 unspecified atom stereocenters. The Balaban J connectivity index is 1.77. The van der Waals surface area contributed by atoms with Crippen molar-refractivity contribution in [3.05, 3.63) is 18.5 Å². The third-order valence-corrected chi connectivity index (χ3v) is 5.06. The molecule has 1 saturated carbocycles. The van der Waals surface area contributed by atoms with E-state index in [0.717, 1.165) is 28.3 Å². The van der Waals surface area contributed by atoms with Gasteiger partial charge in [0.15, 0.2) is 0 Å². The van der Waals surface area contributed by atoms with E-state index < -0.39 is 0 Å². The number of rotatable bonds is 4. The molecule has 0 spiro atoms. The van der Waals surface area contributed by atoms with Gasteiger partial charge in [-0.3, -0.25) is 0 Å². The van der Waals surface area contributed by atoms with E-state index in [9.17, 15) is 0 Å². The van der Waals surface area contributed by atoms with Crippen LogP contribution in [0.1, 0.15) is 51.9 Å². The highest BCUT2D eigenvalue weighted by Gasteiger charge is 2.20. The highest BCUT2D eigenvalue weighted by Crippen LogP contribution is 2.33. The molecule has 2 atom stereocenters. The van der Waals surface area contributed by atoms with E-state index in [2.05, 4.69) is 23.3 Å². The molecule has 3 rings (SSSR count). The minimum absolute atomic E-state index is 0.537. The van der Waals surface area contributed by atoms with Crippen molar-refractivity contribution in [2.45, 2.75) is 57.9 Å². The number of hydrogen-bond acceptors (Lipinski definition) is 3. The topological polar surface area (TPSA) is 55.9 Å². The first kappa shape index (κ1) is 15.2. The second kappa shape index (κ2) is 6.59. The van der Waals surface area contributed by atoms with Crippen molar-refractivity contribution >= 4 is 22.4 Å². The Morgan fingerprint density at radius 1 is 1.32 bits per heavy atom. The molecule has 1 fully saturated rings. The average molecular weight is 300 g/mol. The summed E-state index contributed by atoms with van der Waals surface area (Å²) >= 11 is 0. The van der Waals surface area contributed by atoms with E-state index in [1.807, 2.05) is 17.8 Å². The van der Waals surface area contributed by atoms with Gasteiger partial charge < -0.3 is 15.6 Å². The summed E-state index contributed by atoms with van der Waals surface area (Å²) in [5.41, 5.74) is 9.02. The Morgan fingerprint density at radius 3 is 3.00 bits per heavy atom. The molecular formula is C18H28N4. The van der Waals surface area contributed by atoms with Gasteiger partial charge in [-0.05, 0) is 31.2 Å². The predicted molar refractivity (Wildman–Crippen MR) is 94.0 cm³/mol. The summed E-state index contributed by atoms with van der Waals surface area (Å²) in [6, 6.07) is 2.65. The number of nitrogens with zero attached hydrogens (tertiary/aromatic N) is 2. The molecule has 4 heteroatoms. The number of nitrogen functional groups attached to an aromatic ring is 1. The Morgan fingerprint density at radius 2 is 2.18 bits per heavy atom. The van der Waals surface area contributed by atoms with Crippen LogP contribution < -0.4 is 11.1 Å². The second-order valence-electron chi connectivity index (χ2n) is 6.76. The number of pyridine rings is 1. The van der Waals surface area contributed by atoms with Gasteiger partial charge in [0.2, 0.25) is 0 Å². The summed E-state index contributed by atoms with van der Waals surface area (Å²) < 4.78 is 2.05. The fourth-order valence-electron chi connectivity index (χ4n) is 3.81. The first-order chi connectivity index (χ1) is 10.7. The van der Waals surface area contributed by atoms with Gasteiger partial charge in [-0.1, -0.05) is 32.6 Å². The zero-order valence-corrected chi connectivity index (χ0v) is 13.8. The quantitative estimate of drug-likeness (QED) is 0.827. The molecule has 0 bridgehead atoms. The molecule has 120 valence electrons. The number of anilines is 2. The number of nitrogens with one attached hydrogen (secondary N) is 1. The molecular weight excluding hydrogens is 272 g/mol. The number of aromatic nitrogens is 2. The van der Waals surface area contributed by atoms with Gasteiger partial charge in [-0.15, -0.1) is 0 Å². The minimum atomic E-state index is 0.537. The Kier molecular flexibility index (Phi) is 4.55. The van der Waals surface area contributed by atoms with E-state index in [4.69, 9.17) is 5.73 Å². The Hall–Kier alpha value is -1.71. The molecule has 0 amide bonds. The third-order valence-electron chi connectivity index (χ3n) is 5.06. The lowest BCUT2D eigenvalue weighted by Crippen LogP contribution is -2.19. The van der Waals surface area contributed by atoms with Gasteiger partial charge in [0, 0.05) is 24.7 Å². The Labute approximate surface area is 133 Å². The van der Waals surface area contributed by atoms with Gasteiger partial charge >= 0.3 is 0 Å². The smallest absolute Gasteiger partial charge is 0.141 e. The molecule has 2 aromatic rings. The molecule has 1 aliphatic rings. The van der Waals surface area contributed by atoms with Gasteiger partial charge in [-0.2, -0.15) is 0 Å². The maximum atomic E-state index is 6.19. The first-order valence-corrected chi connectivity index (χ1v) is 8.65. The lowest BCUT2D eigenvalue weighted by Gasteiger charge is -2.20. The fourth-order valence-corrected chi connectivity index (χ4v) is 3.81. The SMILES string of the molecule is CCCC1CCCC(Nc2c(N)cnc3c2ccn3C)CC1. The molecule has 0 aliphatic heterocycles. The van der Waals surface area contributed by atoms with Crippen LogP contribution in [0.5, 0.6) is 0 Å². The molecule has 3 N–H and O–H groups in total. The molecule has 1 aliphatic carbocycles. The van der Waals surface area contributed by atoms with Crippen LogP contribution in [0.4, 0.5) is 11.4 Å². The van der Waals surface area contributed by atoms with Crippen molar-refractivity contribution in [3.63, 3.8) is 0 Å². The lowest BCUT2D eigenvalue weighted by atomic mass is 9.95. The summed E-state index contributed by atoms with van der Waals surface area (Å²) in [6.45, 7) is 2.30. The normalized spacial score (nSPS) is 22.6. The molecule has 22 heavy (non-hydrogen) atoms. The van der Waals surface area contributed by atoms with Gasteiger partial charge in [0.25, 0.3) is 0 Å². The highest BCUT2D eigenvalue weighted by molar-refractivity contribution is 5.96. The standard InChI is InChI=1S/C18H28N4/c1-3-5-13-6-4-7-14(9-8-13)21-17-15-10-11-22(2)18(15)20-12-16(17)19/h10-14H,3-9,19H2,1-2H3,(H,20,21). The zero-order valence-electron chi connectivity index (χ0n) is 13.8. The first-order valence-electron chi connectivity index (χ1n) is 8.65. The van der Waals surface area contributed by atoms with E-state index in [0.29, 0.717) is 6.04 Å². The van der Waals surface area contributed by atoms with Crippen molar-refractivity contribution in [2.24, 2.45) is 13.0 Å². The minimum Gasteiger partial charge on any atom is -0.396 e. The number of fused-ring (bicyclic) bond motifs is 1.